The first-order chi connectivity index (χ1) is 13.2. The Morgan fingerprint density at radius 3 is 2.67 bits per heavy atom. The second-order valence-electron chi connectivity index (χ2n) is 6.52. The zero-order valence-electron chi connectivity index (χ0n) is 15.1. The van der Waals surface area contributed by atoms with E-state index in [4.69, 9.17) is 14.9 Å². The third kappa shape index (κ3) is 3.14. The van der Waals surface area contributed by atoms with Crippen molar-refractivity contribution in [3.8, 4) is 22.7 Å². The highest BCUT2D eigenvalue weighted by molar-refractivity contribution is 5.87. The van der Waals surface area contributed by atoms with Crippen LogP contribution in [0.2, 0.25) is 0 Å². The number of rotatable bonds is 4. The van der Waals surface area contributed by atoms with Crippen LogP contribution in [0.15, 0.2) is 48.5 Å². The van der Waals surface area contributed by atoms with Gasteiger partial charge >= 0.3 is 5.97 Å². The molecule has 2 aromatic carbocycles. The Morgan fingerprint density at radius 2 is 1.93 bits per heavy atom. The van der Waals surface area contributed by atoms with Gasteiger partial charge in [0, 0.05) is 17.7 Å². The molecule has 4 rings (SSSR count). The van der Waals surface area contributed by atoms with Gasteiger partial charge in [-0.1, -0.05) is 12.1 Å². The van der Waals surface area contributed by atoms with Gasteiger partial charge in [-0.3, -0.25) is 0 Å². The Morgan fingerprint density at radius 1 is 1.15 bits per heavy atom. The van der Waals surface area contributed by atoms with Crippen molar-refractivity contribution in [2.75, 3.05) is 19.0 Å². The Bertz CT molecular complexity index is 977. The number of carboxylic acids is 1. The van der Waals surface area contributed by atoms with Crippen LogP contribution in [0.5, 0.6) is 5.75 Å². The van der Waals surface area contributed by atoms with Gasteiger partial charge < -0.3 is 15.2 Å². The number of aromatic nitrogens is 2. The average molecular weight is 363 g/mol. The molecule has 0 saturated carbocycles. The predicted molar refractivity (Wildman–Crippen MR) is 104 cm³/mol. The van der Waals surface area contributed by atoms with E-state index in [-0.39, 0.29) is 5.56 Å². The molecule has 0 bridgehead atoms. The smallest absolute Gasteiger partial charge is 0.335 e. The summed E-state index contributed by atoms with van der Waals surface area (Å²) in [5.41, 5.74) is 4.11. The van der Waals surface area contributed by atoms with E-state index in [2.05, 4.69) is 5.32 Å². The molecule has 138 valence electrons. The lowest BCUT2D eigenvalue weighted by molar-refractivity contribution is 0.0697. The zero-order chi connectivity index (χ0) is 18.8. The van der Waals surface area contributed by atoms with Crippen LogP contribution in [0.4, 0.5) is 5.82 Å². The molecule has 27 heavy (non-hydrogen) atoms. The fraction of sp³-hybridized carbons (Fsp3) is 0.238. The van der Waals surface area contributed by atoms with Crippen molar-refractivity contribution in [1.82, 2.24) is 9.78 Å². The molecule has 0 atom stereocenters. The number of carboxylic acid groups (broad SMARTS) is 1. The van der Waals surface area contributed by atoms with E-state index in [9.17, 15) is 4.79 Å². The number of hydrogen-bond donors (Lipinski definition) is 2. The first kappa shape index (κ1) is 17.1. The number of nitrogens with one attached hydrogen (secondary N) is 1. The van der Waals surface area contributed by atoms with E-state index in [1.165, 1.54) is 5.56 Å². The maximum Gasteiger partial charge on any atom is 0.335 e. The molecule has 0 unspecified atom stereocenters. The third-order valence-corrected chi connectivity index (χ3v) is 4.85. The van der Waals surface area contributed by atoms with Gasteiger partial charge in [0.05, 0.1) is 18.4 Å². The van der Waals surface area contributed by atoms with Gasteiger partial charge in [0.2, 0.25) is 0 Å². The van der Waals surface area contributed by atoms with Crippen LogP contribution in [0, 0.1) is 0 Å². The van der Waals surface area contributed by atoms with Crippen LogP contribution < -0.4 is 10.1 Å². The molecule has 0 aliphatic carbocycles. The molecule has 0 spiro atoms. The molecule has 1 aromatic heterocycles. The quantitative estimate of drug-likeness (QED) is 0.733. The normalized spacial score (nSPS) is 13.4. The Hall–Kier alpha value is -3.28. The fourth-order valence-electron chi connectivity index (χ4n) is 3.49. The summed E-state index contributed by atoms with van der Waals surface area (Å²) in [4.78, 5) is 11.1. The third-order valence-electron chi connectivity index (χ3n) is 4.85. The topological polar surface area (TPSA) is 76.4 Å². The van der Waals surface area contributed by atoms with Crippen LogP contribution in [0.25, 0.3) is 16.9 Å². The van der Waals surface area contributed by atoms with Gasteiger partial charge in [0.25, 0.3) is 0 Å². The molecule has 0 amide bonds. The summed E-state index contributed by atoms with van der Waals surface area (Å²) in [5, 5.41) is 17.5. The summed E-state index contributed by atoms with van der Waals surface area (Å²) in [7, 11) is 1.66. The van der Waals surface area contributed by atoms with Crippen LogP contribution >= 0.6 is 0 Å². The van der Waals surface area contributed by atoms with Crippen molar-refractivity contribution >= 4 is 11.8 Å². The Balaban J connectivity index is 1.88. The summed E-state index contributed by atoms with van der Waals surface area (Å²) < 4.78 is 7.41. The van der Waals surface area contributed by atoms with Gasteiger partial charge in [-0.05, 0) is 55.7 Å². The predicted octanol–water partition coefficient (Wildman–Crippen LogP) is 3.99. The number of benzene rings is 2. The molecule has 6 nitrogen and oxygen atoms in total. The monoisotopic (exact) mass is 363 g/mol. The number of nitrogens with zero attached hydrogens (tertiary/aromatic N) is 2. The number of carbonyl (C=O) groups is 1. The Kier molecular flexibility index (Phi) is 4.54. The molecule has 1 aliphatic heterocycles. The molecular formula is C21H21N3O3. The molecule has 2 N–H and O–H groups in total. The lowest BCUT2D eigenvalue weighted by Crippen LogP contribution is -2.07. The highest BCUT2D eigenvalue weighted by Gasteiger charge is 2.23. The second-order valence-corrected chi connectivity index (χ2v) is 6.52. The van der Waals surface area contributed by atoms with E-state index in [0.717, 1.165) is 54.3 Å². The number of ether oxygens (including phenoxy) is 1. The summed E-state index contributed by atoms with van der Waals surface area (Å²) in [6.45, 7) is 0.886. The fourth-order valence-corrected chi connectivity index (χ4v) is 3.49. The van der Waals surface area contributed by atoms with Gasteiger partial charge in [-0.25, -0.2) is 9.48 Å². The number of anilines is 1. The highest BCUT2D eigenvalue weighted by Crippen LogP contribution is 2.37. The number of fused-ring (bicyclic) bond motifs is 1. The van der Waals surface area contributed by atoms with Gasteiger partial charge in [0.1, 0.15) is 17.3 Å². The van der Waals surface area contributed by atoms with E-state index in [0.29, 0.717) is 0 Å². The van der Waals surface area contributed by atoms with Crippen molar-refractivity contribution in [2.24, 2.45) is 0 Å². The molecule has 0 radical (unpaired) electrons. The van der Waals surface area contributed by atoms with Crippen LogP contribution in [0.1, 0.15) is 28.8 Å². The average Bonchev–Trinajstić information content (AvgIpc) is 2.88. The molecule has 0 saturated heterocycles. The van der Waals surface area contributed by atoms with Crippen molar-refractivity contribution in [2.45, 2.75) is 19.3 Å². The van der Waals surface area contributed by atoms with Gasteiger partial charge in [-0.2, -0.15) is 5.10 Å². The first-order valence-electron chi connectivity index (χ1n) is 9.02. The standard InChI is InChI=1S/C21H21N3O3/c1-27-18-8-3-2-6-16(18)19-17-7-4-5-13-22-20(17)24(23-19)15-11-9-14(10-12-15)21(25)26/h2-3,6,8-12,22H,4-5,7,13H2,1H3,(H,25,26). The maximum atomic E-state index is 11.1. The van der Waals surface area contributed by atoms with E-state index in [1.54, 1.807) is 31.4 Å². The highest BCUT2D eigenvalue weighted by atomic mass is 16.5. The summed E-state index contributed by atoms with van der Waals surface area (Å²) >= 11 is 0. The number of methoxy groups -OCH3 is 1. The van der Waals surface area contributed by atoms with Crippen LogP contribution in [-0.2, 0) is 6.42 Å². The van der Waals surface area contributed by atoms with Crippen molar-refractivity contribution in [3.63, 3.8) is 0 Å². The lowest BCUT2D eigenvalue weighted by Gasteiger charge is -2.09. The SMILES string of the molecule is COc1ccccc1-c1nn(-c2ccc(C(=O)O)cc2)c2c1CCCCN2. The van der Waals surface area contributed by atoms with Crippen LogP contribution in [-0.4, -0.2) is 34.5 Å². The van der Waals surface area contributed by atoms with Crippen molar-refractivity contribution < 1.29 is 14.6 Å². The molecule has 0 fully saturated rings. The summed E-state index contributed by atoms with van der Waals surface area (Å²) in [5.74, 6) is 0.820. The summed E-state index contributed by atoms with van der Waals surface area (Å²) in [6.07, 6.45) is 3.12. The maximum absolute atomic E-state index is 11.1. The van der Waals surface area contributed by atoms with Crippen molar-refractivity contribution in [3.05, 3.63) is 59.7 Å². The minimum absolute atomic E-state index is 0.259. The van der Waals surface area contributed by atoms with E-state index >= 15 is 0 Å². The first-order valence-corrected chi connectivity index (χ1v) is 9.02. The van der Waals surface area contributed by atoms with Crippen molar-refractivity contribution in [1.29, 1.82) is 0 Å². The minimum Gasteiger partial charge on any atom is -0.496 e. The minimum atomic E-state index is -0.936. The largest absolute Gasteiger partial charge is 0.496 e. The van der Waals surface area contributed by atoms with E-state index in [1.807, 2.05) is 28.9 Å². The summed E-state index contributed by atoms with van der Waals surface area (Å²) in [6, 6.07) is 14.7. The second kappa shape index (κ2) is 7.15. The zero-order valence-corrected chi connectivity index (χ0v) is 15.1. The van der Waals surface area contributed by atoms with E-state index < -0.39 is 5.97 Å². The molecular weight excluding hydrogens is 342 g/mol. The van der Waals surface area contributed by atoms with Crippen LogP contribution in [0.3, 0.4) is 0 Å². The number of aromatic carboxylic acids is 1. The molecule has 1 aliphatic rings. The molecule has 3 aromatic rings. The number of hydrogen-bond acceptors (Lipinski definition) is 4. The molecule has 6 heteroatoms. The van der Waals surface area contributed by atoms with Gasteiger partial charge in [-0.15, -0.1) is 0 Å². The number of para-hydroxylation sites is 1. The lowest BCUT2D eigenvalue weighted by atomic mass is 10.0. The Labute approximate surface area is 157 Å². The van der Waals surface area contributed by atoms with Gasteiger partial charge in [0.15, 0.2) is 0 Å². The molecule has 2 heterocycles.